The summed E-state index contributed by atoms with van der Waals surface area (Å²) in [6.45, 7) is 0. The summed E-state index contributed by atoms with van der Waals surface area (Å²) in [5, 5.41) is -0.273. The lowest BCUT2D eigenvalue weighted by Gasteiger charge is -2.07. The van der Waals surface area contributed by atoms with Gasteiger partial charge < -0.3 is 0 Å². The van der Waals surface area contributed by atoms with E-state index in [1.807, 2.05) is 0 Å². The van der Waals surface area contributed by atoms with Gasteiger partial charge in [-0.05, 0) is 23.8 Å². The first-order valence-electron chi connectivity index (χ1n) is 4.86. The second kappa shape index (κ2) is 4.57. The Morgan fingerprint density at radius 2 is 1.61 bits per heavy atom. The summed E-state index contributed by atoms with van der Waals surface area (Å²) in [5.41, 5.74) is 0.0466. The van der Waals surface area contributed by atoms with Crippen molar-refractivity contribution in [2.24, 2.45) is 0 Å². The Morgan fingerprint density at radius 3 is 2.11 bits per heavy atom. The Hall–Kier alpha value is -1.62. The van der Waals surface area contributed by atoms with Crippen molar-refractivity contribution in [3.05, 3.63) is 53.1 Å². The topological polar surface area (TPSA) is 12.9 Å². The fourth-order valence-electron chi connectivity index (χ4n) is 1.43. The van der Waals surface area contributed by atoms with Gasteiger partial charge in [-0.1, -0.05) is 23.7 Å². The molecule has 0 bridgehead atoms. The van der Waals surface area contributed by atoms with Gasteiger partial charge in [0.1, 0.15) is 0 Å². The van der Waals surface area contributed by atoms with E-state index in [9.17, 15) is 17.6 Å². The molecule has 2 aromatic rings. The predicted octanol–water partition coefficient (Wildman–Crippen LogP) is 4.56. The van der Waals surface area contributed by atoms with Crippen LogP contribution in [0.3, 0.4) is 0 Å². The number of aromatic nitrogens is 1. The molecule has 0 saturated heterocycles. The molecule has 1 heterocycles. The van der Waals surface area contributed by atoms with E-state index in [2.05, 4.69) is 4.98 Å². The minimum Gasteiger partial charge on any atom is -0.241 e. The third-order valence-corrected chi connectivity index (χ3v) is 2.62. The molecule has 0 N–H and O–H groups in total. The van der Waals surface area contributed by atoms with Crippen LogP contribution in [0.25, 0.3) is 11.1 Å². The molecule has 0 amide bonds. The highest BCUT2D eigenvalue weighted by atomic mass is 35.5. The number of pyridine rings is 1. The fraction of sp³-hybridized carbons (Fsp3) is 0.0833. The van der Waals surface area contributed by atoms with E-state index >= 15 is 0 Å². The van der Waals surface area contributed by atoms with Gasteiger partial charge in [-0.15, -0.1) is 0 Å². The Labute approximate surface area is 105 Å². The van der Waals surface area contributed by atoms with Crippen molar-refractivity contribution in [1.29, 1.82) is 0 Å². The largest absolute Gasteiger partial charge is 0.416 e. The molecule has 0 saturated carbocycles. The van der Waals surface area contributed by atoms with E-state index in [1.54, 1.807) is 0 Å². The normalized spacial score (nSPS) is 11.6. The van der Waals surface area contributed by atoms with Gasteiger partial charge in [0.05, 0.1) is 5.56 Å². The van der Waals surface area contributed by atoms with Crippen molar-refractivity contribution >= 4 is 11.6 Å². The highest BCUT2D eigenvalue weighted by Gasteiger charge is 2.29. The van der Waals surface area contributed by atoms with E-state index in [4.69, 9.17) is 11.6 Å². The highest BCUT2D eigenvalue weighted by molar-refractivity contribution is 6.29. The van der Waals surface area contributed by atoms with E-state index in [1.165, 1.54) is 18.3 Å². The van der Waals surface area contributed by atoms with Gasteiger partial charge in [0.2, 0.25) is 0 Å². The van der Waals surface area contributed by atoms with Crippen LogP contribution in [0.5, 0.6) is 0 Å². The molecule has 0 fully saturated rings. The van der Waals surface area contributed by atoms with Crippen molar-refractivity contribution in [3.63, 3.8) is 0 Å². The summed E-state index contributed by atoms with van der Waals surface area (Å²) in [7, 11) is 0. The second-order valence-corrected chi connectivity index (χ2v) is 3.93. The maximum Gasteiger partial charge on any atom is 0.416 e. The number of halogens is 5. The molecule has 1 nitrogen and oxygen atoms in total. The van der Waals surface area contributed by atoms with Crippen molar-refractivity contribution in [3.8, 4) is 11.1 Å². The van der Waals surface area contributed by atoms with Gasteiger partial charge in [0, 0.05) is 11.8 Å². The van der Waals surface area contributed by atoms with Crippen LogP contribution < -0.4 is 0 Å². The van der Waals surface area contributed by atoms with E-state index in [0.29, 0.717) is 11.1 Å². The molecule has 2 rings (SSSR count). The molecule has 0 atom stereocenters. The summed E-state index contributed by atoms with van der Waals surface area (Å²) in [6.07, 6.45) is -3.09. The zero-order chi connectivity index (χ0) is 13.3. The van der Waals surface area contributed by atoms with Crippen molar-refractivity contribution in [2.45, 2.75) is 6.18 Å². The standard InChI is InChI=1S/C12H6ClF4N/c13-11-10(14)5-8(6-18-11)7-1-3-9(4-2-7)12(15,16)17/h1-6H. The minimum absolute atomic E-state index is 0.273. The average molecular weight is 276 g/mol. The third-order valence-electron chi connectivity index (χ3n) is 2.34. The molecular formula is C12H6ClF4N. The van der Waals surface area contributed by atoms with Crippen molar-refractivity contribution < 1.29 is 17.6 Å². The number of hydrogen-bond acceptors (Lipinski definition) is 1. The van der Waals surface area contributed by atoms with Gasteiger partial charge in [0.25, 0.3) is 0 Å². The molecule has 0 spiro atoms. The van der Waals surface area contributed by atoms with Gasteiger partial charge in [-0.3, -0.25) is 0 Å². The number of alkyl halides is 3. The summed E-state index contributed by atoms with van der Waals surface area (Å²) in [4.78, 5) is 3.59. The zero-order valence-corrected chi connectivity index (χ0v) is 9.56. The van der Waals surface area contributed by atoms with Crippen molar-refractivity contribution in [2.75, 3.05) is 0 Å². The highest BCUT2D eigenvalue weighted by Crippen LogP contribution is 2.31. The van der Waals surface area contributed by atoms with Crippen LogP contribution in [-0.4, -0.2) is 4.98 Å². The van der Waals surface area contributed by atoms with Crippen LogP contribution in [0.1, 0.15) is 5.56 Å². The van der Waals surface area contributed by atoms with Gasteiger partial charge in [-0.2, -0.15) is 13.2 Å². The number of rotatable bonds is 1. The van der Waals surface area contributed by atoms with Gasteiger partial charge in [-0.25, -0.2) is 9.37 Å². The molecule has 0 aliphatic rings. The van der Waals surface area contributed by atoms with Crippen molar-refractivity contribution in [1.82, 2.24) is 4.98 Å². The lowest BCUT2D eigenvalue weighted by Crippen LogP contribution is -2.04. The van der Waals surface area contributed by atoms with Gasteiger partial charge in [0.15, 0.2) is 11.0 Å². The smallest absolute Gasteiger partial charge is 0.241 e. The molecule has 1 aromatic carbocycles. The third kappa shape index (κ3) is 2.61. The molecule has 18 heavy (non-hydrogen) atoms. The van der Waals surface area contributed by atoms with E-state index in [0.717, 1.165) is 18.2 Å². The molecule has 0 radical (unpaired) electrons. The first kappa shape index (κ1) is 12.8. The lowest BCUT2D eigenvalue weighted by molar-refractivity contribution is -0.137. The molecule has 0 unspecified atom stereocenters. The van der Waals surface area contributed by atoms with Crippen LogP contribution in [0.15, 0.2) is 36.5 Å². The van der Waals surface area contributed by atoms with E-state index < -0.39 is 17.6 Å². The summed E-state index contributed by atoms with van der Waals surface area (Å²) < 4.78 is 50.2. The first-order valence-corrected chi connectivity index (χ1v) is 5.24. The zero-order valence-electron chi connectivity index (χ0n) is 8.80. The maximum atomic E-state index is 13.2. The van der Waals surface area contributed by atoms with E-state index in [-0.39, 0.29) is 5.15 Å². The first-order chi connectivity index (χ1) is 8.38. The number of hydrogen-bond donors (Lipinski definition) is 0. The summed E-state index contributed by atoms with van der Waals surface area (Å²) >= 11 is 5.42. The monoisotopic (exact) mass is 275 g/mol. The Bertz CT molecular complexity index is 563. The second-order valence-electron chi connectivity index (χ2n) is 3.57. The SMILES string of the molecule is Fc1cc(-c2ccc(C(F)(F)F)cc2)cnc1Cl. The summed E-state index contributed by atoms with van der Waals surface area (Å²) in [5.74, 6) is -0.714. The molecule has 0 aliphatic heterocycles. The fourth-order valence-corrected chi connectivity index (χ4v) is 1.53. The Morgan fingerprint density at radius 1 is 1.00 bits per heavy atom. The number of benzene rings is 1. The molecule has 0 aliphatic carbocycles. The Kier molecular flexibility index (Phi) is 3.26. The van der Waals surface area contributed by atoms with Crippen LogP contribution >= 0.6 is 11.6 Å². The minimum atomic E-state index is -4.39. The van der Waals surface area contributed by atoms with Crippen LogP contribution in [0, 0.1) is 5.82 Å². The average Bonchev–Trinajstić information content (AvgIpc) is 2.32. The van der Waals surface area contributed by atoms with Crippen LogP contribution in [-0.2, 0) is 6.18 Å². The molecule has 6 heteroatoms. The molecular weight excluding hydrogens is 270 g/mol. The molecule has 94 valence electrons. The lowest BCUT2D eigenvalue weighted by atomic mass is 10.1. The maximum absolute atomic E-state index is 13.2. The Balaban J connectivity index is 2.37. The van der Waals surface area contributed by atoms with Crippen LogP contribution in [0.4, 0.5) is 17.6 Å². The quantitative estimate of drug-likeness (QED) is 0.549. The predicted molar refractivity (Wildman–Crippen MR) is 59.6 cm³/mol. The molecule has 1 aromatic heterocycles. The number of nitrogens with zero attached hydrogens (tertiary/aromatic N) is 1. The van der Waals surface area contributed by atoms with Gasteiger partial charge >= 0.3 is 6.18 Å². The summed E-state index contributed by atoms with van der Waals surface area (Å²) in [6, 6.07) is 5.50. The van der Waals surface area contributed by atoms with Crippen LogP contribution in [0.2, 0.25) is 5.15 Å².